The third kappa shape index (κ3) is 5.46. The highest BCUT2D eigenvalue weighted by Crippen LogP contribution is 2.37. The van der Waals surface area contributed by atoms with Crippen molar-refractivity contribution in [3.63, 3.8) is 0 Å². The quantitative estimate of drug-likeness (QED) is 0.282. The molecular formula is C25H19ClF3NO5. The fourth-order valence-corrected chi connectivity index (χ4v) is 3.86. The van der Waals surface area contributed by atoms with E-state index in [1.165, 1.54) is 16.7 Å². The number of hydrogen-bond acceptors (Lipinski definition) is 4. The Bertz CT molecular complexity index is 1360. The monoisotopic (exact) mass is 505 g/mol. The topological polar surface area (TPSA) is 69.9 Å². The third-order valence-corrected chi connectivity index (χ3v) is 5.22. The Morgan fingerprint density at radius 3 is 2.06 bits per heavy atom. The van der Waals surface area contributed by atoms with Crippen molar-refractivity contribution in [3.8, 4) is 28.7 Å². The van der Waals surface area contributed by atoms with Crippen molar-refractivity contribution in [1.82, 2.24) is 4.57 Å². The van der Waals surface area contributed by atoms with E-state index in [9.17, 15) is 23.1 Å². The van der Waals surface area contributed by atoms with E-state index in [4.69, 9.17) is 21.1 Å². The van der Waals surface area contributed by atoms with Gasteiger partial charge < -0.3 is 23.9 Å². The summed E-state index contributed by atoms with van der Waals surface area (Å²) in [5.74, 6) is -0.370. The number of carboxylic acids is 1. The maximum absolute atomic E-state index is 12.3. The molecule has 182 valence electrons. The minimum atomic E-state index is -4.79. The van der Waals surface area contributed by atoms with Crippen LogP contribution in [0.15, 0.2) is 66.7 Å². The molecule has 6 nitrogen and oxygen atoms in total. The van der Waals surface area contributed by atoms with Gasteiger partial charge in [0.25, 0.3) is 0 Å². The summed E-state index contributed by atoms with van der Waals surface area (Å²) in [5, 5.41) is 10.3. The number of aromatic carboxylic acids is 1. The molecule has 0 bridgehead atoms. The van der Waals surface area contributed by atoms with E-state index in [1.54, 1.807) is 42.5 Å². The Balaban J connectivity index is 1.68. The number of nitrogens with zero attached hydrogens (tertiary/aromatic N) is 1. The van der Waals surface area contributed by atoms with Gasteiger partial charge in [-0.15, -0.1) is 13.2 Å². The normalized spacial score (nSPS) is 11.6. The molecular weight excluding hydrogens is 487 g/mol. The maximum atomic E-state index is 12.3. The predicted octanol–water partition coefficient (Wildman–Crippen LogP) is 7.46. The maximum Gasteiger partial charge on any atom is 0.573 e. The second kappa shape index (κ2) is 9.42. The summed E-state index contributed by atoms with van der Waals surface area (Å²) in [6.07, 6.45) is -4.80. The van der Waals surface area contributed by atoms with E-state index in [2.05, 4.69) is 4.74 Å². The van der Waals surface area contributed by atoms with Gasteiger partial charge in [-0.3, -0.25) is 0 Å². The molecule has 0 radical (unpaired) electrons. The van der Waals surface area contributed by atoms with Gasteiger partial charge >= 0.3 is 12.3 Å². The first-order chi connectivity index (χ1) is 16.5. The molecule has 4 aromatic rings. The molecule has 0 amide bonds. The van der Waals surface area contributed by atoms with Gasteiger partial charge in [0.05, 0.1) is 16.6 Å². The van der Waals surface area contributed by atoms with Gasteiger partial charge in [0, 0.05) is 11.1 Å². The minimum Gasteiger partial charge on any atom is -0.491 e. The summed E-state index contributed by atoms with van der Waals surface area (Å²) >= 11 is 6.46. The van der Waals surface area contributed by atoms with E-state index < -0.39 is 12.3 Å². The first-order valence-electron chi connectivity index (χ1n) is 10.4. The summed E-state index contributed by atoms with van der Waals surface area (Å²) in [5.41, 5.74) is 0.987. The molecule has 0 fully saturated rings. The van der Waals surface area contributed by atoms with E-state index in [0.29, 0.717) is 28.1 Å². The lowest BCUT2D eigenvalue weighted by atomic mass is 10.2. The summed E-state index contributed by atoms with van der Waals surface area (Å²) in [6.45, 7) is 3.81. The number of aromatic nitrogens is 1. The number of hydrogen-bond donors (Lipinski definition) is 1. The van der Waals surface area contributed by atoms with Gasteiger partial charge in [-0.05, 0) is 80.6 Å². The fraction of sp³-hybridized carbons (Fsp3) is 0.160. The standard InChI is InChI=1S/C25H19ClF3NO5/c1-14(2)33-16-5-3-15(4-6-16)30-21-12-11-19(13-20(21)22(26)23(30)24(31)32)34-17-7-9-18(10-8-17)35-25(27,28)29/h3-14H,1-2H3,(H,31,32). The first kappa shape index (κ1) is 24.3. The molecule has 0 aliphatic carbocycles. The molecule has 0 spiro atoms. The van der Waals surface area contributed by atoms with Gasteiger partial charge in [-0.25, -0.2) is 4.79 Å². The zero-order valence-electron chi connectivity index (χ0n) is 18.5. The smallest absolute Gasteiger partial charge is 0.491 e. The summed E-state index contributed by atoms with van der Waals surface area (Å²) in [7, 11) is 0. The molecule has 0 saturated heterocycles. The van der Waals surface area contributed by atoms with Gasteiger partial charge in [-0.2, -0.15) is 0 Å². The molecule has 10 heteroatoms. The van der Waals surface area contributed by atoms with Gasteiger partial charge in [0.1, 0.15) is 23.0 Å². The number of carboxylic acid groups (broad SMARTS) is 1. The SMILES string of the molecule is CC(C)Oc1ccc(-n2c(C(=O)O)c(Cl)c3cc(Oc4ccc(OC(F)(F)F)cc4)ccc32)cc1. The molecule has 0 atom stereocenters. The number of carbonyl (C=O) groups is 1. The highest BCUT2D eigenvalue weighted by molar-refractivity contribution is 6.38. The molecule has 4 rings (SSSR count). The van der Waals surface area contributed by atoms with Crippen molar-refractivity contribution >= 4 is 28.5 Å². The molecule has 3 aromatic carbocycles. The zero-order valence-corrected chi connectivity index (χ0v) is 19.2. The second-order valence-electron chi connectivity index (χ2n) is 7.76. The van der Waals surface area contributed by atoms with E-state index in [0.717, 1.165) is 12.1 Å². The van der Waals surface area contributed by atoms with Crippen molar-refractivity contribution < 1.29 is 37.3 Å². The van der Waals surface area contributed by atoms with E-state index >= 15 is 0 Å². The average Bonchev–Trinajstić information content (AvgIpc) is 3.06. The zero-order chi connectivity index (χ0) is 25.3. The Kier molecular flexibility index (Phi) is 6.53. The molecule has 1 heterocycles. The Morgan fingerprint density at radius 2 is 1.49 bits per heavy atom. The van der Waals surface area contributed by atoms with Crippen LogP contribution >= 0.6 is 11.6 Å². The van der Waals surface area contributed by atoms with Crippen molar-refractivity contribution in [2.45, 2.75) is 26.3 Å². The van der Waals surface area contributed by atoms with Crippen molar-refractivity contribution in [1.29, 1.82) is 0 Å². The summed E-state index contributed by atoms with van der Waals surface area (Å²) in [4.78, 5) is 12.1. The van der Waals surface area contributed by atoms with Crippen LogP contribution in [0, 0.1) is 0 Å². The number of fused-ring (bicyclic) bond motifs is 1. The van der Waals surface area contributed by atoms with Crippen LogP contribution in [0.1, 0.15) is 24.3 Å². The second-order valence-corrected chi connectivity index (χ2v) is 8.14. The molecule has 1 N–H and O–H groups in total. The van der Waals surface area contributed by atoms with Crippen LogP contribution in [0.25, 0.3) is 16.6 Å². The Labute approximate surface area is 203 Å². The lowest BCUT2D eigenvalue weighted by Crippen LogP contribution is -2.16. The fourth-order valence-electron chi connectivity index (χ4n) is 3.54. The van der Waals surface area contributed by atoms with E-state index in [-0.39, 0.29) is 28.3 Å². The predicted molar refractivity (Wildman–Crippen MR) is 124 cm³/mol. The molecule has 0 aliphatic heterocycles. The van der Waals surface area contributed by atoms with Crippen LogP contribution < -0.4 is 14.2 Å². The van der Waals surface area contributed by atoms with Crippen molar-refractivity contribution in [2.24, 2.45) is 0 Å². The van der Waals surface area contributed by atoms with Crippen LogP contribution in [-0.2, 0) is 0 Å². The first-order valence-corrected chi connectivity index (χ1v) is 10.8. The van der Waals surface area contributed by atoms with E-state index in [1.807, 2.05) is 13.8 Å². The molecule has 0 saturated carbocycles. The third-order valence-electron chi connectivity index (χ3n) is 4.84. The molecule has 0 unspecified atom stereocenters. The van der Waals surface area contributed by atoms with Crippen molar-refractivity contribution in [3.05, 3.63) is 77.4 Å². The number of ether oxygens (including phenoxy) is 3. The lowest BCUT2D eigenvalue weighted by Gasteiger charge is -2.12. The van der Waals surface area contributed by atoms with Gasteiger partial charge in [-0.1, -0.05) is 11.6 Å². The number of alkyl halides is 3. The highest BCUT2D eigenvalue weighted by atomic mass is 35.5. The van der Waals surface area contributed by atoms with Gasteiger partial charge in [0.2, 0.25) is 0 Å². The van der Waals surface area contributed by atoms with Crippen LogP contribution in [0.3, 0.4) is 0 Å². The molecule has 35 heavy (non-hydrogen) atoms. The van der Waals surface area contributed by atoms with Gasteiger partial charge in [0.15, 0.2) is 5.69 Å². The largest absolute Gasteiger partial charge is 0.573 e. The van der Waals surface area contributed by atoms with Crippen molar-refractivity contribution in [2.75, 3.05) is 0 Å². The number of benzene rings is 3. The molecule has 0 aliphatic rings. The summed E-state index contributed by atoms with van der Waals surface area (Å²) < 4.78 is 53.8. The average molecular weight is 506 g/mol. The molecule has 1 aromatic heterocycles. The number of halogens is 4. The Morgan fingerprint density at radius 1 is 0.914 bits per heavy atom. The Hall–Kier alpha value is -3.85. The lowest BCUT2D eigenvalue weighted by molar-refractivity contribution is -0.274. The number of rotatable bonds is 7. The van der Waals surface area contributed by atoms with Crippen LogP contribution in [0.5, 0.6) is 23.0 Å². The van der Waals surface area contributed by atoms with Crippen LogP contribution in [0.4, 0.5) is 13.2 Å². The van der Waals surface area contributed by atoms with Crippen LogP contribution in [0.2, 0.25) is 5.02 Å². The minimum absolute atomic E-state index is 0.0101. The van der Waals surface area contributed by atoms with Crippen LogP contribution in [-0.4, -0.2) is 28.1 Å². The highest BCUT2D eigenvalue weighted by Gasteiger charge is 2.31. The summed E-state index contributed by atoms with van der Waals surface area (Å²) in [6, 6.07) is 16.7.